The Morgan fingerprint density at radius 2 is 2.04 bits per heavy atom. The fourth-order valence-electron chi connectivity index (χ4n) is 1.92. The topological polar surface area (TPSA) is 73.7 Å². The van der Waals surface area contributed by atoms with Gasteiger partial charge in [0.2, 0.25) is 0 Å². The number of hydrogen-bond donors (Lipinski definition) is 3. The van der Waals surface area contributed by atoms with Crippen LogP contribution in [0.25, 0.3) is 0 Å². The number of carbonyl (C=O) groups excluding carboxylic acids is 1. The molecule has 1 atom stereocenters. The zero-order valence-corrected chi connectivity index (χ0v) is 14.5. The van der Waals surface area contributed by atoms with Crippen LogP contribution in [0, 0.1) is 6.92 Å². The molecule has 0 saturated heterocycles. The van der Waals surface area contributed by atoms with Crippen molar-refractivity contribution in [3.63, 3.8) is 0 Å². The highest BCUT2D eigenvalue weighted by atomic mass is 79.9. The summed E-state index contributed by atoms with van der Waals surface area (Å²) in [5.41, 5.74) is 4.94. The van der Waals surface area contributed by atoms with E-state index in [0.29, 0.717) is 5.56 Å². The maximum absolute atomic E-state index is 12.0. The highest BCUT2D eigenvalue weighted by molar-refractivity contribution is 9.10. The lowest BCUT2D eigenvalue weighted by Crippen LogP contribution is -2.35. The summed E-state index contributed by atoms with van der Waals surface area (Å²) in [4.78, 5) is 12.0. The second kappa shape index (κ2) is 7.78. The van der Waals surface area contributed by atoms with Crippen molar-refractivity contribution >= 4 is 33.7 Å². The van der Waals surface area contributed by atoms with Gasteiger partial charge in [-0.15, -0.1) is 0 Å². The van der Waals surface area contributed by atoms with E-state index in [1.807, 2.05) is 31.2 Å². The number of anilines is 1. The molecule has 2 rings (SSSR count). The number of nitrogens with one attached hydrogen (secondary N) is 2. The molecular weight excluding hydrogens is 358 g/mol. The molecule has 0 heterocycles. The molecule has 0 bridgehead atoms. The van der Waals surface area contributed by atoms with Crippen LogP contribution in [0.3, 0.4) is 0 Å². The predicted molar refractivity (Wildman–Crippen MR) is 95.8 cm³/mol. The van der Waals surface area contributed by atoms with Crippen molar-refractivity contribution in [1.82, 2.24) is 5.43 Å². The molecule has 5 nitrogen and oxygen atoms in total. The van der Waals surface area contributed by atoms with E-state index >= 15 is 0 Å². The lowest BCUT2D eigenvalue weighted by Gasteiger charge is -2.15. The molecule has 0 aliphatic rings. The van der Waals surface area contributed by atoms with Crippen LogP contribution in [-0.2, 0) is 4.79 Å². The highest BCUT2D eigenvalue weighted by Gasteiger charge is 2.12. The number of phenols is 1. The molecule has 0 spiro atoms. The van der Waals surface area contributed by atoms with E-state index < -0.39 is 6.04 Å². The Bertz CT molecular complexity index is 732. The van der Waals surface area contributed by atoms with Gasteiger partial charge in [-0.05, 0) is 43.7 Å². The number of phenolic OH excluding ortho intramolecular Hbond substituents is 1. The number of para-hydroxylation sites is 1. The molecule has 3 N–H and O–H groups in total. The largest absolute Gasteiger partial charge is 0.507 e. The van der Waals surface area contributed by atoms with Crippen LogP contribution < -0.4 is 10.7 Å². The molecule has 0 aromatic heterocycles. The molecule has 0 unspecified atom stereocenters. The van der Waals surface area contributed by atoms with Gasteiger partial charge in [-0.1, -0.05) is 34.1 Å². The van der Waals surface area contributed by atoms with Crippen molar-refractivity contribution in [2.45, 2.75) is 19.9 Å². The summed E-state index contributed by atoms with van der Waals surface area (Å²) < 4.78 is 0.817. The van der Waals surface area contributed by atoms with Crippen LogP contribution >= 0.6 is 15.9 Å². The Kier molecular flexibility index (Phi) is 5.76. The smallest absolute Gasteiger partial charge is 0.262 e. The molecule has 0 fully saturated rings. The zero-order chi connectivity index (χ0) is 16.8. The van der Waals surface area contributed by atoms with Crippen LogP contribution in [0.1, 0.15) is 18.1 Å². The molecule has 2 aromatic carbocycles. The standard InChI is InChI=1S/C17H18BrN3O2/c1-11-5-3-4-6-15(11)20-12(2)17(23)21-19-10-13-9-14(18)7-8-16(13)22/h3-10,12,20,22H,1-2H3,(H,21,23)/b19-10-/t12-/m0/s1. The summed E-state index contributed by atoms with van der Waals surface area (Å²) in [5, 5.41) is 16.7. The number of aromatic hydroxyl groups is 1. The molecule has 0 radical (unpaired) electrons. The number of hydrazone groups is 1. The fourth-order valence-corrected chi connectivity index (χ4v) is 2.30. The molecule has 2 aromatic rings. The summed E-state index contributed by atoms with van der Waals surface area (Å²) in [7, 11) is 0. The number of nitrogens with zero attached hydrogens (tertiary/aromatic N) is 1. The Balaban J connectivity index is 1.95. The first kappa shape index (κ1) is 17.0. The average molecular weight is 376 g/mol. The van der Waals surface area contributed by atoms with Crippen molar-refractivity contribution in [2.24, 2.45) is 5.10 Å². The third-order valence-corrected chi connectivity index (χ3v) is 3.77. The van der Waals surface area contributed by atoms with Crippen molar-refractivity contribution in [2.75, 3.05) is 5.32 Å². The Morgan fingerprint density at radius 1 is 1.30 bits per heavy atom. The van der Waals surface area contributed by atoms with E-state index in [9.17, 15) is 9.90 Å². The lowest BCUT2D eigenvalue weighted by molar-refractivity contribution is -0.121. The van der Waals surface area contributed by atoms with E-state index in [2.05, 4.69) is 31.8 Å². The molecule has 23 heavy (non-hydrogen) atoms. The minimum absolute atomic E-state index is 0.0947. The number of halogens is 1. The van der Waals surface area contributed by atoms with Crippen LogP contribution in [-0.4, -0.2) is 23.3 Å². The molecule has 6 heteroatoms. The molecular formula is C17H18BrN3O2. The normalized spacial score (nSPS) is 12.1. The second-order valence-corrected chi connectivity index (χ2v) is 6.03. The molecule has 0 saturated carbocycles. The second-order valence-electron chi connectivity index (χ2n) is 5.12. The van der Waals surface area contributed by atoms with Gasteiger partial charge in [-0.25, -0.2) is 5.43 Å². The quantitative estimate of drug-likeness (QED) is 0.553. The first-order valence-electron chi connectivity index (χ1n) is 7.11. The first-order valence-corrected chi connectivity index (χ1v) is 7.90. The van der Waals surface area contributed by atoms with Gasteiger partial charge in [0, 0.05) is 15.7 Å². The van der Waals surface area contributed by atoms with E-state index in [4.69, 9.17) is 0 Å². The highest BCUT2D eigenvalue weighted by Crippen LogP contribution is 2.20. The van der Waals surface area contributed by atoms with Crippen LogP contribution in [0.15, 0.2) is 52.0 Å². The van der Waals surface area contributed by atoms with E-state index in [0.717, 1.165) is 15.7 Å². The van der Waals surface area contributed by atoms with Gasteiger partial charge in [0.1, 0.15) is 11.8 Å². The molecule has 1 amide bonds. The maximum Gasteiger partial charge on any atom is 0.262 e. The van der Waals surface area contributed by atoms with Crippen LogP contribution in [0.4, 0.5) is 5.69 Å². The lowest BCUT2D eigenvalue weighted by atomic mass is 10.2. The number of benzene rings is 2. The summed E-state index contributed by atoms with van der Waals surface area (Å²) in [6.07, 6.45) is 1.40. The van der Waals surface area contributed by atoms with Crippen LogP contribution in [0.5, 0.6) is 5.75 Å². The first-order chi connectivity index (χ1) is 11.0. The Labute approximate surface area is 143 Å². The summed E-state index contributed by atoms with van der Waals surface area (Å²) in [6.45, 7) is 3.73. The number of carbonyl (C=O) groups is 1. The van der Waals surface area contributed by atoms with Gasteiger partial charge < -0.3 is 10.4 Å². The van der Waals surface area contributed by atoms with E-state index in [1.165, 1.54) is 6.21 Å². The number of rotatable bonds is 5. The number of amides is 1. The summed E-state index contributed by atoms with van der Waals surface area (Å²) in [6, 6.07) is 12.3. The monoisotopic (exact) mass is 375 g/mol. The van der Waals surface area contributed by atoms with Gasteiger partial charge in [0.25, 0.3) is 5.91 Å². The maximum atomic E-state index is 12.0. The third kappa shape index (κ3) is 4.82. The molecule has 0 aliphatic carbocycles. The zero-order valence-electron chi connectivity index (χ0n) is 12.9. The fraction of sp³-hybridized carbons (Fsp3) is 0.176. The van der Waals surface area contributed by atoms with E-state index in [-0.39, 0.29) is 11.7 Å². The number of hydrogen-bond acceptors (Lipinski definition) is 4. The van der Waals surface area contributed by atoms with Gasteiger partial charge in [-0.3, -0.25) is 4.79 Å². The summed E-state index contributed by atoms with van der Waals surface area (Å²) >= 11 is 3.31. The van der Waals surface area contributed by atoms with Crippen molar-refractivity contribution in [3.8, 4) is 5.75 Å². The van der Waals surface area contributed by atoms with Gasteiger partial charge >= 0.3 is 0 Å². The minimum Gasteiger partial charge on any atom is -0.507 e. The summed E-state index contributed by atoms with van der Waals surface area (Å²) in [5.74, 6) is -0.170. The van der Waals surface area contributed by atoms with Gasteiger partial charge in [0.05, 0.1) is 6.21 Å². The van der Waals surface area contributed by atoms with Gasteiger partial charge in [-0.2, -0.15) is 5.10 Å². The minimum atomic E-state index is -0.440. The van der Waals surface area contributed by atoms with Crippen LogP contribution in [0.2, 0.25) is 0 Å². The van der Waals surface area contributed by atoms with Crippen molar-refractivity contribution in [3.05, 3.63) is 58.1 Å². The average Bonchev–Trinajstić information content (AvgIpc) is 2.52. The Hall–Kier alpha value is -2.34. The van der Waals surface area contributed by atoms with Crippen molar-refractivity contribution < 1.29 is 9.90 Å². The molecule has 0 aliphatic heterocycles. The Morgan fingerprint density at radius 3 is 2.78 bits per heavy atom. The van der Waals surface area contributed by atoms with Crippen molar-refractivity contribution in [1.29, 1.82) is 0 Å². The SMILES string of the molecule is Cc1ccccc1N[C@@H](C)C(=O)N/N=C\c1cc(Br)ccc1O. The van der Waals surface area contributed by atoms with Gasteiger partial charge in [0.15, 0.2) is 0 Å². The molecule has 120 valence electrons. The number of aryl methyl sites for hydroxylation is 1. The predicted octanol–water partition coefficient (Wildman–Crippen LogP) is 3.41. The third-order valence-electron chi connectivity index (χ3n) is 3.28. The van der Waals surface area contributed by atoms with E-state index in [1.54, 1.807) is 25.1 Å².